The first-order chi connectivity index (χ1) is 10.0. The molecule has 0 atom stereocenters. The van der Waals surface area contributed by atoms with Gasteiger partial charge in [-0.1, -0.05) is 27.7 Å². The van der Waals surface area contributed by atoms with Crippen molar-refractivity contribution in [3.8, 4) is 5.75 Å². The Morgan fingerprint density at radius 2 is 1.86 bits per heavy atom. The lowest BCUT2D eigenvalue weighted by molar-refractivity contribution is 0.0965. The molecule has 0 saturated carbocycles. The Morgan fingerprint density at radius 1 is 1.19 bits per heavy atom. The monoisotopic (exact) mass is 291 g/mol. The molecule has 0 radical (unpaired) electrons. The Kier molecular flexibility index (Phi) is 7.44. The van der Waals surface area contributed by atoms with Crippen LogP contribution in [0.5, 0.6) is 5.75 Å². The smallest absolute Gasteiger partial charge is 0.164 e. The summed E-state index contributed by atoms with van der Waals surface area (Å²) in [6.07, 6.45) is 0.579. The van der Waals surface area contributed by atoms with E-state index < -0.39 is 0 Å². The van der Waals surface area contributed by atoms with Crippen LogP contribution in [0.4, 0.5) is 0 Å². The second-order valence-electron chi connectivity index (χ2n) is 5.54. The molecule has 1 aromatic rings. The molecule has 0 unspecified atom stereocenters. The van der Waals surface area contributed by atoms with E-state index in [1.54, 1.807) is 0 Å². The highest BCUT2D eigenvalue weighted by Crippen LogP contribution is 2.26. The molecular weight excluding hydrogens is 262 g/mol. The van der Waals surface area contributed by atoms with Gasteiger partial charge in [0.15, 0.2) is 5.78 Å². The fraction of sp³-hybridized carbons (Fsp3) is 0.611. The van der Waals surface area contributed by atoms with Gasteiger partial charge >= 0.3 is 0 Å². The summed E-state index contributed by atoms with van der Waals surface area (Å²) in [6, 6.07) is 5.84. The largest absolute Gasteiger partial charge is 0.494 e. The molecule has 0 fully saturated rings. The van der Waals surface area contributed by atoms with Crippen LogP contribution >= 0.6 is 0 Å². The van der Waals surface area contributed by atoms with Crippen LogP contribution < -0.4 is 4.74 Å². The zero-order chi connectivity index (χ0) is 15.8. The predicted molar refractivity (Wildman–Crippen MR) is 88.4 cm³/mol. The van der Waals surface area contributed by atoms with Crippen molar-refractivity contribution in [2.24, 2.45) is 0 Å². The molecule has 0 spiro atoms. The van der Waals surface area contributed by atoms with E-state index in [1.165, 1.54) is 0 Å². The summed E-state index contributed by atoms with van der Waals surface area (Å²) in [6.45, 7) is 13.9. The quantitative estimate of drug-likeness (QED) is 0.641. The first kappa shape index (κ1) is 17.7. The molecule has 21 heavy (non-hydrogen) atoms. The van der Waals surface area contributed by atoms with Crippen molar-refractivity contribution in [3.63, 3.8) is 0 Å². The summed E-state index contributed by atoms with van der Waals surface area (Å²) in [4.78, 5) is 14.8. The maximum Gasteiger partial charge on any atom is 0.164 e. The Balaban J connectivity index is 2.87. The number of hydrogen-bond donors (Lipinski definition) is 0. The summed E-state index contributed by atoms with van der Waals surface area (Å²) in [5, 5.41) is 0. The molecule has 3 heteroatoms. The van der Waals surface area contributed by atoms with E-state index in [0.29, 0.717) is 18.9 Å². The summed E-state index contributed by atoms with van der Waals surface area (Å²) in [5.41, 5.74) is 1.94. The van der Waals surface area contributed by atoms with E-state index in [9.17, 15) is 4.79 Å². The number of nitrogens with zero attached hydrogens (tertiary/aromatic N) is 1. The van der Waals surface area contributed by atoms with Gasteiger partial charge < -0.3 is 9.64 Å². The summed E-state index contributed by atoms with van der Waals surface area (Å²) < 4.78 is 5.54. The molecule has 0 heterocycles. The van der Waals surface area contributed by atoms with Crippen LogP contribution in [0.25, 0.3) is 0 Å². The first-order valence-electron chi connectivity index (χ1n) is 8.05. The van der Waals surface area contributed by atoms with Gasteiger partial charge in [0.25, 0.3) is 0 Å². The SMILES string of the molecule is CCOc1ccc(C(=O)CCN(CC)CC)c(C(C)C)c1. The molecule has 1 aromatic carbocycles. The van der Waals surface area contributed by atoms with Crippen molar-refractivity contribution in [3.05, 3.63) is 29.3 Å². The normalized spacial score (nSPS) is 11.2. The highest BCUT2D eigenvalue weighted by atomic mass is 16.5. The number of hydrogen-bond acceptors (Lipinski definition) is 3. The number of rotatable bonds is 9. The summed E-state index contributed by atoms with van der Waals surface area (Å²) >= 11 is 0. The Labute approximate surface area is 129 Å². The van der Waals surface area contributed by atoms with Gasteiger partial charge in [-0.15, -0.1) is 0 Å². The highest BCUT2D eigenvalue weighted by Gasteiger charge is 2.15. The number of carbonyl (C=O) groups is 1. The van der Waals surface area contributed by atoms with Crippen LogP contribution in [-0.2, 0) is 0 Å². The molecule has 0 N–H and O–H groups in total. The van der Waals surface area contributed by atoms with E-state index in [4.69, 9.17) is 4.74 Å². The molecule has 0 aliphatic carbocycles. The average molecular weight is 291 g/mol. The second kappa shape index (κ2) is 8.83. The molecule has 0 aliphatic rings. The third-order valence-electron chi connectivity index (χ3n) is 3.81. The van der Waals surface area contributed by atoms with Crippen LogP contribution in [0.2, 0.25) is 0 Å². The third kappa shape index (κ3) is 5.16. The third-order valence-corrected chi connectivity index (χ3v) is 3.81. The summed E-state index contributed by atoms with van der Waals surface area (Å²) in [7, 11) is 0. The summed E-state index contributed by atoms with van der Waals surface area (Å²) in [5.74, 6) is 1.40. The van der Waals surface area contributed by atoms with Crippen molar-refractivity contribution in [1.29, 1.82) is 0 Å². The lowest BCUT2D eigenvalue weighted by atomic mass is 9.93. The number of ketones is 1. The minimum absolute atomic E-state index is 0.230. The number of ether oxygens (including phenoxy) is 1. The predicted octanol–water partition coefficient (Wildman–Crippen LogP) is 4.12. The van der Waals surface area contributed by atoms with Crippen molar-refractivity contribution in [2.45, 2.75) is 47.0 Å². The van der Waals surface area contributed by atoms with Gasteiger partial charge in [0.2, 0.25) is 0 Å². The van der Waals surface area contributed by atoms with Crippen molar-refractivity contribution >= 4 is 5.78 Å². The molecule has 1 rings (SSSR count). The van der Waals surface area contributed by atoms with E-state index in [0.717, 1.165) is 36.5 Å². The van der Waals surface area contributed by atoms with Gasteiger partial charge in [-0.2, -0.15) is 0 Å². The minimum Gasteiger partial charge on any atom is -0.494 e. The maximum atomic E-state index is 12.5. The van der Waals surface area contributed by atoms with E-state index >= 15 is 0 Å². The number of Topliss-reactive ketones (excluding diaryl/α,β-unsaturated/α-hetero) is 1. The van der Waals surface area contributed by atoms with E-state index in [-0.39, 0.29) is 5.78 Å². The van der Waals surface area contributed by atoms with Gasteiger partial charge in [-0.3, -0.25) is 4.79 Å². The maximum absolute atomic E-state index is 12.5. The van der Waals surface area contributed by atoms with Gasteiger partial charge in [0.05, 0.1) is 6.61 Å². The van der Waals surface area contributed by atoms with Crippen molar-refractivity contribution in [1.82, 2.24) is 4.90 Å². The van der Waals surface area contributed by atoms with Crippen molar-refractivity contribution in [2.75, 3.05) is 26.2 Å². The zero-order valence-electron chi connectivity index (χ0n) is 14.1. The van der Waals surface area contributed by atoms with Crippen LogP contribution in [0.3, 0.4) is 0 Å². The van der Waals surface area contributed by atoms with Crippen molar-refractivity contribution < 1.29 is 9.53 Å². The van der Waals surface area contributed by atoms with E-state index in [2.05, 4.69) is 32.6 Å². The molecule has 0 amide bonds. The zero-order valence-corrected chi connectivity index (χ0v) is 14.1. The molecule has 0 aliphatic heterocycles. The molecule has 3 nitrogen and oxygen atoms in total. The molecular formula is C18H29NO2. The highest BCUT2D eigenvalue weighted by molar-refractivity contribution is 5.98. The number of carbonyl (C=O) groups excluding carboxylic acids is 1. The van der Waals surface area contributed by atoms with Gasteiger partial charge in [-0.25, -0.2) is 0 Å². The fourth-order valence-corrected chi connectivity index (χ4v) is 2.46. The average Bonchev–Trinajstić information content (AvgIpc) is 2.48. The van der Waals surface area contributed by atoms with Gasteiger partial charge in [-0.05, 0) is 49.7 Å². The van der Waals surface area contributed by atoms with Crippen LogP contribution in [-0.4, -0.2) is 36.9 Å². The van der Waals surface area contributed by atoms with E-state index in [1.807, 2.05) is 25.1 Å². The second-order valence-corrected chi connectivity index (χ2v) is 5.54. The van der Waals surface area contributed by atoms with Crippen LogP contribution in [0, 0.1) is 0 Å². The van der Waals surface area contributed by atoms with Crippen LogP contribution in [0.1, 0.15) is 62.9 Å². The first-order valence-corrected chi connectivity index (χ1v) is 8.05. The molecule has 0 bridgehead atoms. The van der Waals surface area contributed by atoms with Gasteiger partial charge in [0.1, 0.15) is 5.75 Å². The lowest BCUT2D eigenvalue weighted by Gasteiger charge is -2.18. The molecule has 0 aromatic heterocycles. The Bertz CT molecular complexity index is 451. The Morgan fingerprint density at radius 3 is 2.38 bits per heavy atom. The molecule has 118 valence electrons. The fourth-order valence-electron chi connectivity index (χ4n) is 2.46. The number of benzene rings is 1. The van der Waals surface area contributed by atoms with Crippen LogP contribution in [0.15, 0.2) is 18.2 Å². The minimum atomic E-state index is 0.230. The van der Waals surface area contributed by atoms with Gasteiger partial charge in [0, 0.05) is 18.5 Å². The lowest BCUT2D eigenvalue weighted by Crippen LogP contribution is -2.26. The standard InChI is InChI=1S/C18H29NO2/c1-6-19(7-2)12-11-18(20)16-10-9-15(21-8-3)13-17(16)14(4)5/h9-10,13-14H,6-8,11-12H2,1-5H3. The topological polar surface area (TPSA) is 29.5 Å². The molecule has 0 saturated heterocycles. The Hall–Kier alpha value is -1.35.